The molecule has 0 saturated heterocycles. The molecular weight excluding hydrogens is 486 g/mol. The lowest BCUT2D eigenvalue weighted by molar-refractivity contribution is 0.101. The maximum Gasteiger partial charge on any atom is 0.262 e. The summed E-state index contributed by atoms with van der Waals surface area (Å²) in [5, 5.41) is 1.11. The van der Waals surface area contributed by atoms with Gasteiger partial charge in [0.1, 0.15) is 18.1 Å². The lowest BCUT2D eigenvalue weighted by Crippen LogP contribution is -2.24. The van der Waals surface area contributed by atoms with Crippen molar-refractivity contribution in [2.24, 2.45) is 0 Å². The van der Waals surface area contributed by atoms with Gasteiger partial charge in [-0.05, 0) is 63.0 Å². The maximum absolute atomic E-state index is 13.7. The van der Waals surface area contributed by atoms with Crippen molar-refractivity contribution in [1.29, 1.82) is 0 Å². The number of ether oxygens (including phenoxy) is 2. The van der Waals surface area contributed by atoms with Crippen molar-refractivity contribution < 1.29 is 14.3 Å². The van der Waals surface area contributed by atoms with Crippen LogP contribution in [0.1, 0.15) is 28.4 Å². The van der Waals surface area contributed by atoms with E-state index in [1.807, 2.05) is 67.5 Å². The number of methoxy groups -OCH3 is 1. The van der Waals surface area contributed by atoms with Crippen LogP contribution in [-0.4, -0.2) is 54.6 Å². The molecule has 8 heteroatoms. The van der Waals surface area contributed by atoms with E-state index in [1.54, 1.807) is 36.8 Å². The molecule has 0 radical (unpaired) electrons. The minimum atomic E-state index is -0.126. The summed E-state index contributed by atoms with van der Waals surface area (Å²) < 4.78 is 13.1. The third-order valence-corrected chi connectivity index (χ3v) is 6.95. The van der Waals surface area contributed by atoms with Crippen LogP contribution in [0.4, 0.5) is 0 Å². The second kappa shape index (κ2) is 12.1. The van der Waals surface area contributed by atoms with Crippen molar-refractivity contribution in [3.05, 3.63) is 93.8 Å². The number of benzene rings is 3. The normalized spacial score (nSPS) is 11.2. The van der Waals surface area contributed by atoms with Gasteiger partial charge in [-0.15, -0.1) is 0 Å². The van der Waals surface area contributed by atoms with Crippen LogP contribution in [0.25, 0.3) is 10.9 Å². The Bertz CT molecular complexity index is 1450. The van der Waals surface area contributed by atoms with Gasteiger partial charge in [0.25, 0.3) is 5.56 Å². The van der Waals surface area contributed by atoms with E-state index in [1.165, 1.54) is 11.8 Å². The fourth-order valence-electron chi connectivity index (χ4n) is 3.88. The predicted molar refractivity (Wildman–Crippen MR) is 148 cm³/mol. The lowest BCUT2D eigenvalue weighted by atomic mass is 10.1. The fourth-order valence-corrected chi connectivity index (χ4v) is 4.86. The molecule has 0 aliphatic heterocycles. The van der Waals surface area contributed by atoms with Crippen LogP contribution in [0.2, 0.25) is 0 Å². The van der Waals surface area contributed by atoms with Gasteiger partial charge in [-0.1, -0.05) is 42.1 Å². The Labute approximate surface area is 221 Å². The number of rotatable bonds is 11. The number of nitrogens with zero attached hydrogens (tertiary/aromatic N) is 3. The number of likely N-dealkylation sites (N-methyl/N-ethyl adjacent to an activating group) is 1. The number of carbonyl (C=O) groups excluding carboxylic acids is 1. The van der Waals surface area contributed by atoms with Gasteiger partial charge >= 0.3 is 0 Å². The average Bonchev–Trinajstić information content (AvgIpc) is 2.89. The Kier molecular flexibility index (Phi) is 8.63. The first-order chi connectivity index (χ1) is 17.9. The zero-order chi connectivity index (χ0) is 26.4. The van der Waals surface area contributed by atoms with Crippen LogP contribution in [0.3, 0.4) is 0 Å². The van der Waals surface area contributed by atoms with E-state index in [9.17, 15) is 9.59 Å². The number of aromatic nitrogens is 2. The molecule has 1 heterocycles. The van der Waals surface area contributed by atoms with Crippen LogP contribution in [-0.2, 0) is 12.3 Å². The van der Waals surface area contributed by atoms with Crippen LogP contribution >= 0.6 is 11.8 Å². The number of thioether (sulfide) groups is 1. The number of ketones is 1. The largest absolute Gasteiger partial charge is 0.496 e. The summed E-state index contributed by atoms with van der Waals surface area (Å²) in [4.78, 5) is 32.6. The first-order valence-corrected chi connectivity index (χ1v) is 13.0. The molecule has 0 saturated carbocycles. The number of fused-ring (bicyclic) bond motifs is 1. The monoisotopic (exact) mass is 517 g/mol. The van der Waals surface area contributed by atoms with Gasteiger partial charge in [-0.2, -0.15) is 0 Å². The molecule has 37 heavy (non-hydrogen) atoms. The van der Waals surface area contributed by atoms with Crippen molar-refractivity contribution in [3.8, 4) is 11.5 Å². The molecule has 0 amide bonds. The van der Waals surface area contributed by atoms with Crippen LogP contribution in [0, 0.1) is 0 Å². The Morgan fingerprint density at radius 3 is 2.54 bits per heavy atom. The van der Waals surface area contributed by atoms with Gasteiger partial charge in [0, 0.05) is 23.4 Å². The highest BCUT2D eigenvalue weighted by Crippen LogP contribution is 2.29. The summed E-state index contributed by atoms with van der Waals surface area (Å²) in [6, 6.07) is 20.7. The zero-order valence-electron chi connectivity index (χ0n) is 21.6. The summed E-state index contributed by atoms with van der Waals surface area (Å²) in [7, 11) is 5.58. The van der Waals surface area contributed by atoms with E-state index in [0.717, 1.165) is 17.7 Å². The molecule has 7 nitrogen and oxygen atoms in total. The summed E-state index contributed by atoms with van der Waals surface area (Å²) in [5.41, 5.74) is 2.97. The zero-order valence-corrected chi connectivity index (χ0v) is 22.4. The molecule has 0 atom stereocenters. The van der Waals surface area contributed by atoms with E-state index in [0.29, 0.717) is 52.0 Å². The van der Waals surface area contributed by atoms with E-state index in [-0.39, 0.29) is 11.3 Å². The lowest BCUT2D eigenvalue weighted by Gasteiger charge is -2.15. The molecule has 1 aromatic heterocycles. The third-order valence-electron chi connectivity index (χ3n) is 5.93. The standard InChI is InChI=1S/C29H31N3O4S/c1-20(33)22-10-13-27(35-4)23(16-22)19-37-29-30-26-12-11-24(36-15-14-31(2)3)17-25(26)28(34)32(29)18-21-8-6-5-7-9-21/h5-13,16-17H,14-15,18-19H2,1-4H3. The molecular formula is C29H31N3O4S. The van der Waals surface area contributed by atoms with Gasteiger partial charge in [-0.25, -0.2) is 4.98 Å². The highest BCUT2D eigenvalue weighted by molar-refractivity contribution is 7.98. The molecule has 0 spiro atoms. The predicted octanol–water partition coefficient (Wildman–Crippen LogP) is 4.89. The second-order valence-electron chi connectivity index (χ2n) is 8.97. The van der Waals surface area contributed by atoms with Crippen molar-refractivity contribution >= 4 is 28.4 Å². The SMILES string of the molecule is COc1ccc(C(C)=O)cc1CSc1nc2ccc(OCCN(C)C)cc2c(=O)n1Cc1ccccc1. The first kappa shape index (κ1) is 26.4. The number of carbonyl (C=O) groups is 1. The first-order valence-electron chi connectivity index (χ1n) is 12.0. The molecule has 4 rings (SSSR count). The summed E-state index contributed by atoms with van der Waals surface area (Å²) in [5.74, 6) is 1.81. The van der Waals surface area contributed by atoms with Crippen molar-refractivity contribution in [2.75, 3.05) is 34.4 Å². The molecule has 0 unspecified atom stereocenters. The molecule has 192 valence electrons. The second-order valence-corrected chi connectivity index (χ2v) is 9.92. The fraction of sp³-hybridized carbons (Fsp3) is 0.276. The molecule has 0 fully saturated rings. The van der Waals surface area contributed by atoms with E-state index < -0.39 is 0 Å². The summed E-state index contributed by atoms with van der Waals surface area (Å²) >= 11 is 1.44. The third kappa shape index (κ3) is 6.58. The quantitative estimate of drug-likeness (QED) is 0.159. The minimum Gasteiger partial charge on any atom is -0.496 e. The van der Waals surface area contributed by atoms with Gasteiger partial charge in [0.05, 0.1) is 24.6 Å². The van der Waals surface area contributed by atoms with E-state index in [2.05, 4.69) is 0 Å². The summed E-state index contributed by atoms with van der Waals surface area (Å²) in [6.07, 6.45) is 0. The molecule has 0 N–H and O–H groups in total. The van der Waals surface area contributed by atoms with Crippen molar-refractivity contribution in [3.63, 3.8) is 0 Å². The molecule has 0 aliphatic carbocycles. The smallest absolute Gasteiger partial charge is 0.262 e. The Morgan fingerprint density at radius 1 is 1.05 bits per heavy atom. The van der Waals surface area contributed by atoms with E-state index in [4.69, 9.17) is 14.5 Å². The topological polar surface area (TPSA) is 73.7 Å². The number of hydrogen-bond acceptors (Lipinski definition) is 7. The Hall–Kier alpha value is -3.62. The van der Waals surface area contributed by atoms with Crippen LogP contribution < -0.4 is 15.0 Å². The van der Waals surface area contributed by atoms with Crippen molar-refractivity contribution in [1.82, 2.24) is 14.5 Å². The highest BCUT2D eigenvalue weighted by Gasteiger charge is 2.15. The van der Waals surface area contributed by atoms with Gasteiger partial charge in [0.15, 0.2) is 10.9 Å². The molecule has 0 aliphatic rings. The average molecular weight is 518 g/mol. The molecule has 0 bridgehead atoms. The minimum absolute atomic E-state index is 0.0117. The van der Waals surface area contributed by atoms with E-state index >= 15 is 0 Å². The Balaban J connectivity index is 1.72. The van der Waals surface area contributed by atoms with Gasteiger partial charge in [-0.3, -0.25) is 14.2 Å². The van der Waals surface area contributed by atoms with Gasteiger partial charge < -0.3 is 14.4 Å². The molecule has 3 aromatic carbocycles. The van der Waals surface area contributed by atoms with Crippen LogP contribution in [0.15, 0.2) is 76.7 Å². The highest BCUT2D eigenvalue weighted by atomic mass is 32.2. The van der Waals surface area contributed by atoms with Gasteiger partial charge in [0.2, 0.25) is 0 Å². The van der Waals surface area contributed by atoms with Crippen molar-refractivity contribution in [2.45, 2.75) is 24.4 Å². The number of hydrogen-bond donors (Lipinski definition) is 0. The van der Waals surface area contributed by atoms with Crippen LogP contribution in [0.5, 0.6) is 11.5 Å². The summed E-state index contributed by atoms with van der Waals surface area (Å²) in [6.45, 7) is 3.23. The Morgan fingerprint density at radius 2 is 1.84 bits per heavy atom. The number of Topliss-reactive ketones (excluding diaryl/α,β-unsaturated/α-hetero) is 1. The maximum atomic E-state index is 13.7. The molecule has 4 aromatic rings.